The lowest BCUT2D eigenvalue weighted by molar-refractivity contribution is 0.635. The van der Waals surface area contributed by atoms with Crippen LogP contribution in [-0.4, -0.2) is 17.7 Å². The summed E-state index contributed by atoms with van der Waals surface area (Å²) in [7, 11) is 0. The molecule has 3 heteroatoms. The largest absolute Gasteiger partial charge is 0.334 e. The van der Waals surface area contributed by atoms with Crippen LogP contribution in [0.4, 0.5) is 4.39 Å². The number of nitrogens with zero attached hydrogens (tertiary/aromatic N) is 1. The van der Waals surface area contributed by atoms with Gasteiger partial charge in [0.05, 0.1) is 11.2 Å². The standard InChI is InChI=1S/C27H29FN2/c1-3-17-29-18-16-21-12-14-22(15-13-21)19-30-25-11-7-6-10-24(25)26(28)27(30)23-9-5-4-8-20(23)2/h4-15,29H,3,16-19H2,1-2H3. The highest BCUT2D eigenvalue weighted by Crippen LogP contribution is 2.34. The van der Waals surface area contributed by atoms with Crippen LogP contribution in [0.25, 0.3) is 22.2 Å². The average Bonchev–Trinajstić information content (AvgIpc) is 3.05. The van der Waals surface area contributed by atoms with E-state index in [2.05, 4.69) is 41.1 Å². The van der Waals surface area contributed by atoms with Crippen LogP contribution in [0, 0.1) is 12.7 Å². The molecular formula is C27H29FN2. The molecule has 1 N–H and O–H groups in total. The van der Waals surface area contributed by atoms with Gasteiger partial charge in [0.1, 0.15) is 0 Å². The Bertz CT molecular complexity index is 1130. The molecule has 30 heavy (non-hydrogen) atoms. The highest BCUT2D eigenvalue weighted by molar-refractivity contribution is 5.88. The van der Waals surface area contributed by atoms with Gasteiger partial charge in [0.2, 0.25) is 0 Å². The minimum absolute atomic E-state index is 0.140. The summed E-state index contributed by atoms with van der Waals surface area (Å²) in [4.78, 5) is 0. The van der Waals surface area contributed by atoms with Crippen LogP contribution in [0.2, 0.25) is 0 Å². The van der Waals surface area contributed by atoms with E-state index in [1.54, 1.807) is 0 Å². The lowest BCUT2D eigenvalue weighted by atomic mass is 10.0. The third kappa shape index (κ3) is 4.17. The second-order valence-corrected chi connectivity index (χ2v) is 7.90. The van der Waals surface area contributed by atoms with E-state index < -0.39 is 0 Å². The maximum atomic E-state index is 15.5. The Morgan fingerprint density at radius 2 is 1.53 bits per heavy atom. The van der Waals surface area contributed by atoms with Gasteiger partial charge in [-0.1, -0.05) is 67.6 Å². The lowest BCUT2D eigenvalue weighted by Gasteiger charge is -2.13. The molecule has 0 aliphatic rings. The molecule has 4 aromatic rings. The molecule has 0 spiro atoms. The number of hydrogen-bond donors (Lipinski definition) is 1. The zero-order valence-electron chi connectivity index (χ0n) is 17.8. The molecule has 0 aliphatic carbocycles. The van der Waals surface area contributed by atoms with Crippen LogP contribution in [0.5, 0.6) is 0 Å². The van der Waals surface area contributed by atoms with E-state index in [0.717, 1.165) is 42.6 Å². The quantitative estimate of drug-likeness (QED) is 0.341. The number of aromatic nitrogens is 1. The van der Waals surface area contributed by atoms with Gasteiger partial charge < -0.3 is 9.88 Å². The van der Waals surface area contributed by atoms with Gasteiger partial charge >= 0.3 is 0 Å². The third-order valence-corrected chi connectivity index (χ3v) is 5.69. The second kappa shape index (κ2) is 9.27. The first kappa shape index (κ1) is 20.4. The van der Waals surface area contributed by atoms with Crippen LogP contribution in [0.3, 0.4) is 0 Å². The minimum atomic E-state index is -0.140. The van der Waals surface area contributed by atoms with Crippen molar-refractivity contribution >= 4 is 10.9 Å². The molecule has 2 nitrogen and oxygen atoms in total. The summed E-state index contributed by atoms with van der Waals surface area (Å²) < 4.78 is 17.6. The summed E-state index contributed by atoms with van der Waals surface area (Å²) >= 11 is 0. The number of benzene rings is 3. The van der Waals surface area contributed by atoms with Gasteiger partial charge in [-0.3, -0.25) is 0 Å². The van der Waals surface area contributed by atoms with Crippen molar-refractivity contribution in [2.24, 2.45) is 0 Å². The Morgan fingerprint density at radius 3 is 2.30 bits per heavy atom. The molecule has 0 fully saturated rings. The number of hydrogen-bond acceptors (Lipinski definition) is 1. The molecule has 0 saturated carbocycles. The van der Waals surface area contributed by atoms with Gasteiger partial charge in [0.25, 0.3) is 0 Å². The van der Waals surface area contributed by atoms with Crippen molar-refractivity contribution in [2.45, 2.75) is 33.2 Å². The highest BCUT2D eigenvalue weighted by Gasteiger charge is 2.19. The number of fused-ring (bicyclic) bond motifs is 1. The van der Waals surface area contributed by atoms with Crippen molar-refractivity contribution in [3.63, 3.8) is 0 Å². The predicted octanol–water partition coefficient (Wildman–Crippen LogP) is 6.35. The molecule has 3 aromatic carbocycles. The van der Waals surface area contributed by atoms with Gasteiger partial charge in [-0.05, 0) is 61.7 Å². The molecule has 154 valence electrons. The van der Waals surface area contributed by atoms with E-state index in [1.807, 2.05) is 55.5 Å². The molecule has 0 unspecified atom stereocenters. The van der Waals surface area contributed by atoms with Crippen LogP contribution >= 0.6 is 0 Å². The second-order valence-electron chi connectivity index (χ2n) is 7.90. The third-order valence-electron chi connectivity index (χ3n) is 5.69. The molecule has 0 saturated heterocycles. The van der Waals surface area contributed by atoms with Gasteiger partial charge in [0.15, 0.2) is 5.82 Å². The van der Waals surface area contributed by atoms with Crippen molar-refractivity contribution < 1.29 is 4.39 Å². The van der Waals surface area contributed by atoms with Crippen molar-refractivity contribution in [2.75, 3.05) is 13.1 Å². The van der Waals surface area contributed by atoms with Crippen molar-refractivity contribution in [1.82, 2.24) is 9.88 Å². The first-order valence-corrected chi connectivity index (χ1v) is 10.8. The summed E-state index contributed by atoms with van der Waals surface area (Å²) in [5, 5.41) is 4.12. The van der Waals surface area contributed by atoms with Gasteiger partial charge in [-0.15, -0.1) is 0 Å². The molecule has 0 radical (unpaired) electrons. The number of halogens is 1. The zero-order chi connectivity index (χ0) is 20.9. The van der Waals surface area contributed by atoms with Crippen molar-refractivity contribution in [1.29, 1.82) is 0 Å². The SMILES string of the molecule is CCCNCCc1ccc(Cn2c(-c3ccccc3C)c(F)c3ccccc32)cc1. The normalized spacial score (nSPS) is 11.3. The van der Waals surface area contributed by atoms with E-state index in [9.17, 15) is 0 Å². The fourth-order valence-electron chi connectivity index (χ4n) is 4.06. The Kier molecular flexibility index (Phi) is 6.29. The van der Waals surface area contributed by atoms with E-state index in [1.165, 1.54) is 11.1 Å². The smallest absolute Gasteiger partial charge is 0.156 e. The lowest BCUT2D eigenvalue weighted by Crippen LogP contribution is -2.17. The number of rotatable bonds is 8. The summed E-state index contributed by atoms with van der Waals surface area (Å²) in [5.74, 6) is -0.140. The van der Waals surface area contributed by atoms with Crippen LogP contribution < -0.4 is 5.32 Å². The first-order chi connectivity index (χ1) is 14.7. The Morgan fingerprint density at radius 1 is 0.833 bits per heavy atom. The Balaban J connectivity index is 1.67. The summed E-state index contributed by atoms with van der Waals surface area (Å²) in [6.45, 7) is 6.92. The molecule has 1 heterocycles. The summed E-state index contributed by atoms with van der Waals surface area (Å²) in [6, 6.07) is 24.5. The van der Waals surface area contributed by atoms with Gasteiger partial charge in [-0.25, -0.2) is 4.39 Å². The van der Waals surface area contributed by atoms with Gasteiger partial charge in [-0.2, -0.15) is 0 Å². The summed E-state index contributed by atoms with van der Waals surface area (Å²) in [5.41, 5.74) is 6.13. The summed E-state index contributed by atoms with van der Waals surface area (Å²) in [6.07, 6.45) is 2.18. The molecular weight excluding hydrogens is 371 g/mol. The van der Waals surface area contributed by atoms with Crippen LogP contribution in [-0.2, 0) is 13.0 Å². The maximum absolute atomic E-state index is 15.5. The average molecular weight is 401 g/mol. The number of para-hydroxylation sites is 1. The van der Waals surface area contributed by atoms with Crippen molar-refractivity contribution in [3.8, 4) is 11.3 Å². The molecule has 0 atom stereocenters. The first-order valence-electron chi connectivity index (χ1n) is 10.8. The zero-order valence-corrected chi connectivity index (χ0v) is 17.8. The fraction of sp³-hybridized carbons (Fsp3) is 0.259. The number of nitrogens with one attached hydrogen (secondary N) is 1. The molecule has 4 rings (SSSR count). The van der Waals surface area contributed by atoms with E-state index in [-0.39, 0.29) is 5.82 Å². The van der Waals surface area contributed by atoms with E-state index in [0.29, 0.717) is 17.6 Å². The maximum Gasteiger partial charge on any atom is 0.156 e. The minimum Gasteiger partial charge on any atom is -0.334 e. The Hall–Kier alpha value is -2.91. The highest BCUT2D eigenvalue weighted by atomic mass is 19.1. The molecule has 1 aromatic heterocycles. The van der Waals surface area contributed by atoms with E-state index >= 15 is 4.39 Å². The van der Waals surface area contributed by atoms with Crippen molar-refractivity contribution in [3.05, 3.63) is 95.3 Å². The van der Waals surface area contributed by atoms with Gasteiger partial charge in [0, 0.05) is 17.5 Å². The fourth-order valence-corrected chi connectivity index (χ4v) is 4.06. The molecule has 0 bridgehead atoms. The van der Waals surface area contributed by atoms with E-state index in [4.69, 9.17) is 0 Å². The molecule has 0 aliphatic heterocycles. The monoisotopic (exact) mass is 400 g/mol. The van der Waals surface area contributed by atoms with Crippen LogP contribution in [0.1, 0.15) is 30.0 Å². The topological polar surface area (TPSA) is 17.0 Å². The predicted molar refractivity (Wildman–Crippen MR) is 124 cm³/mol. The Labute approximate surface area is 178 Å². The van der Waals surface area contributed by atoms with Crippen LogP contribution in [0.15, 0.2) is 72.8 Å². The molecule has 0 amide bonds. The number of aryl methyl sites for hydroxylation is 1.